The average molecular weight is 400 g/mol. The zero-order valence-corrected chi connectivity index (χ0v) is 16.9. The third-order valence-electron chi connectivity index (χ3n) is 5.75. The van der Waals surface area contributed by atoms with E-state index in [0.29, 0.717) is 18.0 Å². The molecule has 0 radical (unpaired) electrons. The Morgan fingerprint density at radius 1 is 1.41 bits per heavy atom. The van der Waals surface area contributed by atoms with Gasteiger partial charge in [0.15, 0.2) is 0 Å². The second-order valence-corrected chi connectivity index (χ2v) is 9.43. The molecule has 3 rings (SSSR count). The minimum Gasteiger partial charge on any atom is -0.477 e. The number of carbonyl (C=O) groups is 2. The van der Waals surface area contributed by atoms with Gasteiger partial charge in [0.2, 0.25) is 5.91 Å². The number of carboxylic acid groups (broad SMARTS) is 1. The number of fused-ring (bicyclic) bond motifs is 1. The second-order valence-electron chi connectivity index (χ2n) is 8.09. The lowest BCUT2D eigenvalue weighted by atomic mass is 9.79. The normalized spacial score (nSPS) is 35.4. The molecular formula is C18H29N3O5S. The van der Waals surface area contributed by atoms with Crippen molar-refractivity contribution in [2.75, 3.05) is 27.2 Å². The number of aliphatic hydroxyl groups is 2. The highest BCUT2D eigenvalue weighted by Crippen LogP contribution is 2.51. The van der Waals surface area contributed by atoms with Crippen LogP contribution >= 0.6 is 11.8 Å². The Hall–Kier alpha value is -1.13. The minimum absolute atomic E-state index is 0.0284. The number of aliphatic hydroxyl groups excluding tert-OH is 2. The summed E-state index contributed by atoms with van der Waals surface area (Å²) in [5.74, 6) is -2.06. The fourth-order valence-corrected chi connectivity index (χ4v) is 5.97. The Morgan fingerprint density at radius 2 is 2.07 bits per heavy atom. The number of amides is 1. The van der Waals surface area contributed by atoms with E-state index in [2.05, 4.69) is 5.32 Å². The fourth-order valence-electron chi connectivity index (χ4n) is 4.48. The topological polar surface area (TPSA) is 113 Å². The molecule has 0 spiro atoms. The summed E-state index contributed by atoms with van der Waals surface area (Å²) in [6.45, 7) is 4.75. The molecule has 152 valence electrons. The van der Waals surface area contributed by atoms with Crippen LogP contribution in [0.3, 0.4) is 0 Å². The monoisotopic (exact) mass is 399 g/mol. The summed E-state index contributed by atoms with van der Waals surface area (Å²) >= 11 is 1.50. The van der Waals surface area contributed by atoms with E-state index in [1.54, 1.807) is 6.92 Å². The van der Waals surface area contributed by atoms with Crippen molar-refractivity contribution in [3.05, 3.63) is 10.6 Å². The van der Waals surface area contributed by atoms with Gasteiger partial charge < -0.3 is 30.4 Å². The number of thioether (sulfide) groups is 1. The van der Waals surface area contributed by atoms with Crippen LogP contribution in [0.25, 0.3) is 0 Å². The highest BCUT2D eigenvalue weighted by Gasteiger charge is 2.60. The predicted octanol–water partition coefficient (Wildman–Crippen LogP) is -0.474. The molecule has 0 aliphatic carbocycles. The van der Waals surface area contributed by atoms with Gasteiger partial charge >= 0.3 is 5.97 Å². The van der Waals surface area contributed by atoms with E-state index in [-0.39, 0.29) is 34.9 Å². The molecule has 9 heteroatoms. The van der Waals surface area contributed by atoms with Gasteiger partial charge in [-0.1, -0.05) is 6.92 Å². The van der Waals surface area contributed by atoms with Gasteiger partial charge in [-0.25, -0.2) is 4.79 Å². The molecular weight excluding hydrogens is 370 g/mol. The van der Waals surface area contributed by atoms with E-state index in [1.807, 2.05) is 25.9 Å². The molecule has 27 heavy (non-hydrogen) atoms. The van der Waals surface area contributed by atoms with Gasteiger partial charge in [-0.05, 0) is 27.4 Å². The quantitative estimate of drug-likeness (QED) is 0.425. The first-order chi connectivity index (χ1) is 12.6. The fraction of sp³-hybridized carbons (Fsp3) is 0.778. The molecule has 3 aliphatic rings. The maximum atomic E-state index is 12.4. The van der Waals surface area contributed by atoms with E-state index >= 15 is 0 Å². The summed E-state index contributed by atoms with van der Waals surface area (Å²) in [4.78, 5) is 28.2. The van der Waals surface area contributed by atoms with Crippen molar-refractivity contribution in [3.8, 4) is 0 Å². The average Bonchev–Trinajstić information content (AvgIpc) is 3.10. The maximum Gasteiger partial charge on any atom is 0.353 e. The zero-order valence-electron chi connectivity index (χ0n) is 16.1. The van der Waals surface area contributed by atoms with Crippen molar-refractivity contribution in [2.45, 2.75) is 49.8 Å². The molecule has 3 heterocycles. The summed E-state index contributed by atoms with van der Waals surface area (Å²) in [6.07, 6.45) is -0.540. The second kappa shape index (κ2) is 7.71. The van der Waals surface area contributed by atoms with Crippen LogP contribution in [0.1, 0.15) is 20.3 Å². The minimum atomic E-state index is -1.10. The van der Waals surface area contributed by atoms with Gasteiger partial charge in [0.1, 0.15) is 5.70 Å². The molecule has 0 bridgehead atoms. The largest absolute Gasteiger partial charge is 0.477 e. The molecule has 8 nitrogen and oxygen atoms in total. The first kappa shape index (κ1) is 20.6. The Kier molecular flexibility index (Phi) is 5.88. The van der Waals surface area contributed by atoms with Crippen LogP contribution in [0, 0.1) is 11.8 Å². The van der Waals surface area contributed by atoms with Crippen LogP contribution in [0.5, 0.6) is 0 Å². The number of likely N-dealkylation sites (N-methyl/N-ethyl adjacent to an activating group) is 1. The number of carboxylic acids is 1. The van der Waals surface area contributed by atoms with E-state index in [1.165, 1.54) is 16.7 Å². The molecule has 1 unspecified atom stereocenters. The van der Waals surface area contributed by atoms with Crippen molar-refractivity contribution in [1.29, 1.82) is 0 Å². The zero-order chi connectivity index (χ0) is 20.0. The lowest BCUT2D eigenvalue weighted by Gasteiger charge is -2.46. The summed E-state index contributed by atoms with van der Waals surface area (Å²) in [6, 6.07) is -0.310. The summed E-state index contributed by atoms with van der Waals surface area (Å²) in [5.41, 5.74) is 0.0664. The summed E-state index contributed by atoms with van der Waals surface area (Å²) in [5, 5.41) is 33.4. The number of β-lactam (4-membered cyclic amide) rings is 1. The van der Waals surface area contributed by atoms with Crippen molar-refractivity contribution in [3.63, 3.8) is 0 Å². The molecule has 4 N–H and O–H groups in total. The van der Waals surface area contributed by atoms with Crippen LogP contribution in [0.2, 0.25) is 0 Å². The molecule has 7 atom stereocenters. The van der Waals surface area contributed by atoms with Gasteiger partial charge in [-0.3, -0.25) is 4.79 Å². The summed E-state index contributed by atoms with van der Waals surface area (Å²) < 4.78 is 0. The highest BCUT2D eigenvalue weighted by atomic mass is 32.2. The number of rotatable bonds is 7. The number of carbonyl (C=O) groups excluding carboxylic acids is 1. The first-order valence-electron chi connectivity index (χ1n) is 9.34. The lowest BCUT2D eigenvalue weighted by Crippen LogP contribution is -2.63. The van der Waals surface area contributed by atoms with Crippen molar-refractivity contribution in [1.82, 2.24) is 15.1 Å². The van der Waals surface area contributed by atoms with Crippen molar-refractivity contribution in [2.24, 2.45) is 11.8 Å². The number of hydrogen-bond acceptors (Lipinski definition) is 7. The van der Waals surface area contributed by atoms with Gasteiger partial charge in [-0.15, -0.1) is 11.8 Å². The van der Waals surface area contributed by atoms with Crippen LogP contribution in [-0.4, -0.2) is 93.7 Å². The molecule has 0 saturated carbocycles. The Labute approximate surface area is 163 Å². The molecule has 1 amide bonds. The smallest absolute Gasteiger partial charge is 0.353 e. The van der Waals surface area contributed by atoms with Crippen molar-refractivity contribution < 1.29 is 24.9 Å². The lowest BCUT2D eigenvalue weighted by molar-refractivity contribution is -0.163. The summed E-state index contributed by atoms with van der Waals surface area (Å²) in [7, 11) is 3.82. The molecule has 0 aromatic carbocycles. The third-order valence-corrected chi connectivity index (χ3v) is 7.26. The van der Waals surface area contributed by atoms with Gasteiger partial charge in [0.25, 0.3) is 0 Å². The molecule has 2 saturated heterocycles. The first-order valence-corrected chi connectivity index (χ1v) is 10.2. The standard InChI is InChI=1S/C18H29N3O5S/c1-8-14-13(9(2)22)17(24)21(14)15(18(25)26)16(8)27-10-5-11(19-6-10)12(23)7-20(3)4/h8-14,19,22-23H,5-7H2,1-4H3,(H,25,26)/t8-,9-,10+,11+,12?,13-,14-/m1/s1. The molecule has 3 aliphatic heterocycles. The van der Waals surface area contributed by atoms with Gasteiger partial charge in [-0.2, -0.15) is 0 Å². The molecule has 2 fully saturated rings. The SMILES string of the molecule is C[C@@H](O)[C@H]1C(=O)N2C(C(=O)O)=C(S[C@@H]3CN[C@H](C(O)CN(C)C)C3)[C@H](C)[C@H]12. The van der Waals surface area contributed by atoms with E-state index in [9.17, 15) is 24.9 Å². The molecule has 0 aromatic heterocycles. The Morgan fingerprint density at radius 3 is 2.63 bits per heavy atom. The molecule has 0 aromatic rings. The number of nitrogens with zero attached hydrogens (tertiary/aromatic N) is 2. The number of aliphatic carboxylic acids is 1. The van der Waals surface area contributed by atoms with Crippen LogP contribution < -0.4 is 5.32 Å². The third kappa shape index (κ3) is 3.63. The maximum absolute atomic E-state index is 12.4. The Bertz CT molecular complexity index is 653. The van der Waals surface area contributed by atoms with Crippen LogP contribution in [0.15, 0.2) is 10.6 Å². The van der Waals surface area contributed by atoms with Crippen LogP contribution in [-0.2, 0) is 9.59 Å². The van der Waals surface area contributed by atoms with Gasteiger partial charge in [0.05, 0.1) is 24.2 Å². The van der Waals surface area contributed by atoms with Gasteiger partial charge in [0, 0.05) is 35.2 Å². The van der Waals surface area contributed by atoms with E-state index in [4.69, 9.17) is 0 Å². The highest BCUT2D eigenvalue weighted by molar-refractivity contribution is 8.03. The Balaban J connectivity index is 1.73. The van der Waals surface area contributed by atoms with Crippen molar-refractivity contribution >= 4 is 23.6 Å². The van der Waals surface area contributed by atoms with Crippen LogP contribution in [0.4, 0.5) is 0 Å². The van der Waals surface area contributed by atoms with E-state index < -0.39 is 24.1 Å². The van der Waals surface area contributed by atoms with E-state index in [0.717, 1.165) is 6.42 Å². The predicted molar refractivity (Wildman–Crippen MR) is 102 cm³/mol. The number of nitrogens with one attached hydrogen (secondary N) is 1. The number of hydrogen-bond donors (Lipinski definition) is 4.